The first-order valence-electron chi connectivity index (χ1n) is 8.74. The Hall–Kier alpha value is -3.65. The van der Waals surface area contributed by atoms with E-state index >= 15 is 0 Å². The summed E-state index contributed by atoms with van der Waals surface area (Å²) in [6.45, 7) is -0.0847. The van der Waals surface area contributed by atoms with Crippen molar-refractivity contribution < 1.29 is 14.3 Å². The van der Waals surface area contributed by atoms with Crippen LogP contribution in [0.5, 0.6) is 11.5 Å². The first kappa shape index (κ1) is 17.4. The molecule has 0 bridgehead atoms. The van der Waals surface area contributed by atoms with Crippen LogP contribution in [0.25, 0.3) is 16.9 Å². The molecule has 29 heavy (non-hydrogen) atoms. The normalized spacial score (nSPS) is 12.4. The molecule has 0 saturated heterocycles. The number of fused-ring (bicyclic) bond motifs is 2. The summed E-state index contributed by atoms with van der Waals surface area (Å²) in [5.74, 6) is 0.824. The molecule has 1 aliphatic heterocycles. The van der Waals surface area contributed by atoms with E-state index < -0.39 is 5.69 Å². The minimum absolute atomic E-state index is 0.125. The van der Waals surface area contributed by atoms with E-state index in [1.165, 1.54) is 4.52 Å². The highest BCUT2D eigenvalue weighted by Gasteiger charge is 2.18. The second kappa shape index (κ2) is 6.75. The Kier molecular flexibility index (Phi) is 4.06. The standard InChI is InChI=1S/C20H13ClN4O4/c21-14-4-1-12(2-5-14)15-6-8-19-23-24(20(27)25(19)22-15)10-16(26)13-3-7-17-18(9-13)29-11-28-17/h1-9H,10-11H2. The van der Waals surface area contributed by atoms with Crippen molar-refractivity contribution >= 4 is 23.0 Å². The van der Waals surface area contributed by atoms with Gasteiger partial charge >= 0.3 is 5.69 Å². The third-order valence-corrected chi connectivity index (χ3v) is 4.82. The monoisotopic (exact) mass is 408 g/mol. The molecule has 0 spiro atoms. The van der Waals surface area contributed by atoms with Crippen molar-refractivity contribution in [3.8, 4) is 22.8 Å². The van der Waals surface area contributed by atoms with Crippen LogP contribution >= 0.6 is 11.6 Å². The Balaban J connectivity index is 1.46. The highest BCUT2D eigenvalue weighted by Crippen LogP contribution is 2.32. The average molecular weight is 409 g/mol. The SMILES string of the molecule is O=C(Cn1nc2ccc(-c3ccc(Cl)cc3)nn2c1=O)c1ccc2c(c1)OCO2. The third-order valence-electron chi connectivity index (χ3n) is 4.57. The lowest BCUT2D eigenvalue weighted by molar-refractivity contribution is 0.0966. The predicted octanol–water partition coefficient (Wildman–Crippen LogP) is 2.82. The minimum atomic E-state index is -0.495. The van der Waals surface area contributed by atoms with Crippen LogP contribution in [0.1, 0.15) is 10.4 Å². The van der Waals surface area contributed by atoms with Gasteiger partial charge in [0.25, 0.3) is 0 Å². The number of Topliss-reactive ketones (excluding diaryl/α,β-unsaturated/α-hetero) is 1. The van der Waals surface area contributed by atoms with Gasteiger partial charge in [-0.25, -0.2) is 9.48 Å². The van der Waals surface area contributed by atoms with E-state index in [0.717, 1.165) is 10.2 Å². The van der Waals surface area contributed by atoms with Gasteiger partial charge in [-0.2, -0.15) is 9.61 Å². The number of halogens is 1. The molecule has 1 aliphatic rings. The van der Waals surface area contributed by atoms with E-state index in [4.69, 9.17) is 21.1 Å². The molecular formula is C20H13ClN4O4. The third kappa shape index (κ3) is 3.13. The molecule has 2 aromatic heterocycles. The van der Waals surface area contributed by atoms with E-state index in [2.05, 4.69) is 10.2 Å². The molecule has 144 valence electrons. The molecule has 8 nitrogen and oxygen atoms in total. The molecule has 0 radical (unpaired) electrons. The lowest BCUT2D eigenvalue weighted by atomic mass is 10.1. The molecule has 0 amide bonds. The second-order valence-corrected chi connectivity index (χ2v) is 6.86. The number of ketones is 1. The number of nitrogens with zero attached hydrogens (tertiary/aromatic N) is 4. The van der Waals surface area contributed by atoms with Crippen LogP contribution in [-0.4, -0.2) is 32.0 Å². The number of aromatic nitrogens is 4. The maximum atomic E-state index is 12.7. The number of rotatable bonds is 4. The minimum Gasteiger partial charge on any atom is -0.454 e. The summed E-state index contributed by atoms with van der Waals surface area (Å²) in [7, 11) is 0. The molecule has 0 saturated carbocycles. The largest absolute Gasteiger partial charge is 0.454 e. The molecular weight excluding hydrogens is 396 g/mol. The fraction of sp³-hybridized carbons (Fsp3) is 0.100. The van der Waals surface area contributed by atoms with Crippen molar-refractivity contribution in [3.63, 3.8) is 0 Å². The summed E-state index contributed by atoms with van der Waals surface area (Å²) in [6.07, 6.45) is 0. The fourth-order valence-electron chi connectivity index (χ4n) is 3.08. The number of ether oxygens (including phenoxy) is 2. The molecule has 0 unspecified atom stereocenters. The molecule has 3 heterocycles. The Morgan fingerprint density at radius 3 is 2.62 bits per heavy atom. The Labute approximate surface area is 168 Å². The van der Waals surface area contributed by atoms with E-state index in [-0.39, 0.29) is 19.1 Å². The first-order valence-corrected chi connectivity index (χ1v) is 9.12. The van der Waals surface area contributed by atoms with E-state index in [9.17, 15) is 9.59 Å². The van der Waals surface area contributed by atoms with Gasteiger partial charge in [0.05, 0.1) is 5.69 Å². The van der Waals surface area contributed by atoms with Gasteiger partial charge < -0.3 is 9.47 Å². The molecule has 2 aromatic carbocycles. The summed E-state index contributed by atoms with van der Waals surface area (Å²) < 4.78 is 12.8. The zero-order valence-electron chi connectivity index (χ0n) is 14.9. The molecule has 0 aliphatic carbocycles. The number of benzene rings is 2. The van der Waals surface area contributed by atoms with E-state index in [0.29, 0.717) is 33.4 Å². The van der Waals surface area contributed by atoms with Gasteiger partial charge in [-0.05, 0) is 42.5 Å². The summed E-state index contributed by atoms with van der Waals surface area (Å²) in [5.41, 5.74) is 1.68. The summed E-state index contributed by atoms with van der Waals surface area (Å²) in [4.78, 5) is 25.3. The van der Waals surface area contributed by atoms with Crippen molar-refractivity contribution in [3.05, 3.63) is 75.7 Å². The molecule has 4 aromatic rings. The highest BCUT2D eigenvalue weighted by molar-refractivity contribution is 6.30. The zero-order valence-corrected chi connectivity index (χ0v) is 15.7. The summed E-state index contributed by atoms with van der Waals surface area (Å²) in [5, 5.41) is 9.17. The van der Waals surface area contributed by atoms with Gasteiger partial charge in [0.1, 0.15) is 6.54 Å². The quantitative estimate of drug-likeness (QED) is 0.482. The van der Waals surface area contributed by atoms with Crippen molar-refractivity contribution in [2.75, 3.05) is 6.79 Å². The van der Waals surface area contributed by atoms with Crippen LogP contribution < -0.4 is 15.2 Å². The predicted molar refractivity (Wildman–Crippen MR) is 105 cm³/mol. The van der Waals surface area contributed by atoms with Gasteiger partial charge in [-0.1, -0.05) is 23.7 Å². The van der Waals surface area contributed by atoms with Crippen molar-refractivity contribution in [1.29, 1.82) is 0 Å². The summed E-state index contributed by atoms with van der Waals surface area (Å²) >= 11 is 5.92. The second-order valence-electron chi connectivity index (χ2n) is 6.43. The van der Waals surface area contributed by atoms with Gasteiger partial charge in [-0.3, -0.25) is 4.79 Å². The number of carbonyl (C=O) groups excluding carboxylic acids is 1. The van der Waals surface area contributed by atoms with Crippen LogP contribution in [0.15, 0.2) is 59.4 Å². The topological polar surface area (TPSA) is 87.7 Å². The number of hydrogen-bond acceptors (Lipinski definition) is 6. The van der Waals surface area contributed by atoms with Crippen LogP contribution in [0.3, 0.4) is 0 Å². The number of hydrogen-bond donors (Lipinski definition) is 0. The Bertz CT molecular complexity index is 1310. The maximum absolute atomic E-state index is 12.7. The molecule has 9 heteroatoms. The summed E-state index contributed by atoms with van der Waals surface area (Å²) in [6, 6.07) is 15.5. The van der Waals surface area contributed by atoms with Crippen molar-refractivity contribution in [2.24, 2.45) is 0 Å². The van der Waals surface area contributed by atoms with Gasteiger partial charge in [0, 0.05) is 16.1 Å². The number of carbonyl (C=O) groups is 1. The van der Waals surface area contributed by atoms with Crippen LogP contribution in [0.4, 0.5) is 0 Å². The van der Waals surface area contributed by atoms with Crippen molar-refractivity contribution in [1.82, 2.24) is 19.4 Å². The maximum Gasteiger partial charge on any atom is 0.367 e. The zero-order chi connectivity index (χ0) is 20.0. The van der Waals surface area contributed by atoms with Crippen LogP contribution in [0.2, 0.25) is 5.02 Å². The highest BCUT2D eigenvalue weighted by atomic mass is 35.5. The lowest BCUT2D eigenvalue weighted by Gasteiger charge is -2.02. The molecule has 5 rings (SSSR count). The molecule has 0 fully saturated rings. The van der Waals surface area contributed by atoms with Crippen molar-refractivity contribution in [2.45, 2.75) is 6.54 Å². The smallest absolute Gasteiger partial charge is 0.367 e. The van der Waals surface area contributed by atoms with Crippen LogP contribution in [0, 0.1) is 0 Å². The van der Waals surface area contributed by atoms with E-state index in [1.54, 1.807) is 42.5 Å². The van der Waals surface area contributed by atoms with Gasteiger partial charge in [-0.15, -0.1) is 5.10 Å². The Morgan fingerprint density at radius 2 is 1.79 bits per heavy atom. The van der Waals surface area contributed by atoms with Crippen LogP contribution in [-0.2, 0) is 6.54 Å². The first-order chi connectivity index (χ1) is 14.1. The van der Waals surface area contributed by atoms with E-state index in [1.807, 2.05) is 12.1 Å². The van der Waals surface area contributed by atoms with Gasteiger partial charge in [0.2, 0.25) is 6.79 Å². The lowest BCUT2D eigenvalue weighted by Crippen LogP contribution is -2.26. The molecule has 0 atom stereocenters. The fourth-order valence-corrected chi connectivity index (χ4v) is 3.21. The molecule has 0 N–H and O–H groups in total. The van der Waals surface area contributed by atoms with Gasteiger partial charge in [0.15, 0.2) is 22.9 Å². The average Bonchev–Trinajstić information content (AvgIpc) is 3.32. The Morgan fingerprint density at radius 1 is 1.00 bits per heavy atom.